The number of rotatable bonds is 5. The second-order valence-corrected chi connectivity index (χ2v) is 3.76. The van der Waals surface area contributed by atoms with Gasteiger partial charge in [-0.2, -0.15) is 5.10 Å². The van der Waals surface area contributed by atoms with Crippen molar-refractivity contribution in [2.75, 3.05) is 13.1 Å². The van der Waals surface area contributed by atoms with Gasteiger partial charge < -0.3 is 11.1 Å². The van der Waals surface area contributed by atoms with Gasteiger partial charge in [-0.3, -0.25) is 9.48 Å². The Morgan fingerprint density at radius 3 is 3.07 bits per heavy atom. The van der Waals surface area contributed by atoms with Crippen LogP contribution in [0, 0.1) is 0 Å². The van der Waals surface area contributed by atoms with E-state index in [0.29, 0.717) is 13.1 Å². The molecule has 0 saturated heterocycles. The lowest BCUT2D eigenvalue weighted by atomic mass is 10.4. The Morgan fingerprint density at radius 2 is 2.50 bits per heavy atom. The Morgan fingerprint density at radius 1 is 1.71 bits per heavy atom. The van der Waals surface area contributed by atoms with Crippen LogP contribution < -0.4 is 11.1 Å². The second-order valence-electron chi connectivity index (χ2n) is 2.85. The van der Waals surface area contributed by atoms with E-state index in [1.165, 1.54) is 0 Å². The minimum Gasteiger partial charge on any atom is -0.354 e. The molecule has 0 aromatic carbocycles. The highest BCUT2D eigenvalue weighted by Gasteiger charge is 2.02. The van der Waals surface area contributed by atoms with Crippen molar-refractivity contribution in [1.82, 2.24) is 15.1 Å². The van der Waals surface area contributed by atoms with Gasteiger partial charge in [0, 0.05) is 12.7 Å². The van der Waals surface area contributed by atoms with Crippen LogP contribution >= 0.6 is 15.9 Å². The lowest BCUT2D eigenvalue weighted by Gasteiger charge is -2.03. The third-order valence-electron chi connectivity index (χ3n) is 1.61. The van der Waals surface area contributed by atoms with E-state index in [-0.39, 0.29) is 12.5 Å². The summed E-state index contributed by atoms with van der Waals surface area (Å²) < 4.78 is 2.44. The molecule has 1 heterocycles. The van der Waals surface area contributed by atoms with Crippen LogP contribution in [0.3, 0.4) is 0 Å². The third-order valence-corrected chi connectivity index (χ3v) is 2.02. The van der Waals surface area contributed by atoms with E-state index in [1.807, 2.05) is 0 Å². The van der Waals surface area contributed by atoms with Crippen molar-refractivity contribution in [3.63, 3.8) is 0 Å². The van der Waals surface area contributed by atoms with Gasteiger partial charge in [0.05, 0.1) is 10.7 Å². The van der Waals surface area contributed by atoms with Gasteiger partial charge in [-0.15, -0.1) is 0 Å². The number of nitrogens with zero attached hydrogens (tertiary/aromatic N) is 2. The smallest absolute Gasteiger partial charge is 0.241 e. The van der Waals surface area contributed by atoms with Crippen molar-refractivity contribution in [2.45, 2.75) is 13.0 Å². The Bertz CT molecular complexity index is 299. The lowest BCUT2D eigenvalue weighted by molar-refractivity contribution is -0.121. The van der Waals surface area contributed by atoms with Crippen molar-refractivity contribution in [3.8, 4) is 0 Å². The second kappa shape index (κ2) is 5.77. The minimum absolute atomic E-state index is 0.0472. The summed E-state index contributed by atoms with van der Waals surface area (Å²) in [5.74, 6) is -0.0472. The number of aromatic nitrogens is 2. The molecule has 0 aliphatic heterocycles. The van der Waals surface area contributed by atoms with Crippen LogP contribution in [0.1, 0.15) is 6.42 Å². The average molecular weight is 261 g/mol. The molecule has 1 aromatic heterocycles. The summed E-state index contributed by atoms with van der Waals surface area (Å²) in [4.78, 5) is 11.3. The highest BCUT2D eigenvalue weighted by molar-refractivity contribution is 9.10. The van der Waals surface area contributed by atoms with E-state index in [4.69, 9.17) is 5.73 Å². The van der Waals surface area contributed by atoms with Crippen molar-refractivity contribution in [2.24, 2.45) is 5.73 Å². The Kier molecular flexibility index (Phi) is 4.61. The van der Waals surface area contributed by atoms with Crippen molar-refractivity contribution in [3.05, 3.63) is 16.9 Å². The van der Waals surface area contributed by atoms with Crippen LogP contribution in [0.2, 0.25) is 0 Å². The average Bonchev–Trinajstić information content (AvgIpc) is 2.52. The van der Waals surface area contributed by atoms with E-state index in [1.54, 1.807) is 17.1 Å². The molecule has 1 amide bonds. The van der Waals surface area contributed by atoms with Gasteiger partial charge in [-0.05, 0) is 28.9 Å². The van der Waals surface area contributed by atoms with Gasteiger partial charge in [0.2, 0.25) is 5.91 Å². The van der Waals surface area contributed by atoms with Crippen LogP contribution in [0.5, 0.6) is 0 Å². The summed E-state index contributed by atoms with van der Waals surface area (Å²) in [5.41, 5.74) is 5.30. The molecule has 0 atom stereocenters. The number of hydrogen-bond donors (Lipinski definition) is 2. The topological polar surface area (TPSA) is 72.9 Å². The first-order valence-corrected chi connectivity index (χ1v) is 5.16. The van der Waals surface area contributed by atoms with Crippen LogP contribution in [-0.4, -0.2) is 28.8 Å². The number of carbonyl (C=O) groups is 1. The Hall–Kier alpha value is -0.880. The predicted octanol–water partition coefficient (Wildman–Crippen LogP) is 0.111. The molecule has 0 saturated carbocycles. The maximum absolute atomic E-state index is 11.3. The molecule has 0 bridgehead atoms. The van der Waals surface area contributed by atoms with E-state index in [2.05, 4.69) is 26.3 Å². The molecule has 0 fully saturated rings. The van der Waals surface area contributed by atoms with Crippen LogP contribution in [0.4, 0.5) is 0 Å². The molecule has 0 aliphatic rings. The standard InChI is InChI=1S/C8H13BrN4O/c9-7-4-12-13(5-7)6-8(14)11-3-1-2-10/h4-5H,1-3,6,10H2,(H,11,14). The minimum atomic E-state index is -0.0472. The first-order valence-electron chi connectivity index (χ1n) is 4.37. The van der Waals surface area contributed by atoms with Gasteiger partial charge in [-0.25, -0.2) is 0 Å². The zero-order valence-corrected chi connectivity index (χ0v) is 9.33. The summed E-state index contributed by atoms with van der Waals surface area (Å²) in [6, 6.07) is 0. The molecule has 0 aliphatic carbocycles. The first-order chi connectivity index (χ1) is 6.72. The van der Waals surface area contributed by atoms with Crippen molar-refractivity contribution < 1.29 is 4.79 Å². The van der Waals surface area contributed by atoms with E-state index in [0.717, 1.165) is 10.9 Å². The molecule has 1 aromatic rings. The highest BCUT2D eigenvalue weighted by Crippen LogP contribution is 2.05. The molecule has 5 nitrogen and oxygen atoms in total. The quantitative estimate of drug-likeness (QED) is 0.739. The number of halogens is 1. The molecule has 78 valence electrons. The van der Waals surface area contributed by atoms with E-state index >= 15 is 0 Å². The van der Waals surface area contributed by atoms with E-state index < -0.39 is 0 Å². The largest absolute Gasteiger partial charge is 0.354 e. The summed E-state index contributed by atoms with van der Waals surface area (Å²) in [6.07, 6.45) is 4.20. The van der Waals surface area contributed by atoms with Crippen LogP contribution in [0.25, 0.3) is 0 Å². The molecule has 0 unspecified atom stereocenters. The first kappa shape index (κ1) is 11.2. The summed E-state index contributed by atoms with van der Waals surface area (Å²) in [6.45, 7) is 1.46. The van der Waals surface area contributed by atoms with Crippen LogP contribution in [0.15, 0.2) is 16.9 Å². The molecule has 14 heavy (non-hydrogen) atoms. The van der Waals surface area contributed by atoms with Gasteiger partial charge in [0.1, 0.15) is 6.54 Å². The Balaban J connectivity index is 2.27. The Labute approximate surface area is 90.8 Å². The predicted molar refractivity (Wildman–Crippen MR) is 56.6 cm³/mol. The van der Waals surface area contributed by atoms with E-state index in [9.17, 15) is 4.79 Å². The monoisotopic (exact) mass is 260 g/mol. The molecule has 6 heteroatoms. The number of nitrogens with two attached hydrogens (primary N) is 1. The number of nitrogens with one attached hydrogen (secondary N) is 1. The fraction of sp³-hybridized carbons (Fsp3) is 0.500. The SMILES string of the molecule is NCCCNC(=O)Cn1cc(Br)cn1. The molecule has 1 rings (SSSR count). The fourth-order valence-corrected chi connectivity index (χ4v) is 1.29. The molecule has 3 N–H and O–H groups in total. The lowest BCUT2D eigenvalue weighted by Crippen LogP contribution is -2.29. The summed E-state index contributed by atoms with van der Waals surface area (Å²) in [7, 11) is 0. The maximum Gasteiger partial charge on any atom is 0.241 e. The fourth-order valence-electron chi connectivity index (χ4n) is 0.958. The maximum atomic E-state index is 11.3. The van der Waals surface area contributed by atoms with Gasteiger partial charge in [0.25, 0.3) is 0 Å². The van der Waals surface area contributed by atoms with Gasteiger partial charge in [0.15, 0.2) is 0 Å². The van der Waals surface area contributed by atoms with Crippen molar-refractivity contribution >= 4 is 21.8 Å². The highest BCUT2D eigenvalue weighted by atomic mass is 79.9. The molecular formula is C8H13BrN4O. The normalized spacial score (nSPS) is 10.1. The van der Waals surface area contributed by atoms with Crippen LogP contribution in [-0.2, 0) is 11.3 Å². The summed E-state index contributed by atoms with van der Waals surface area (Å²) in [5, 5.41) is 6.71. The molecular weight excluding hydrogens is 248 g/mol. The summed E-state index contributed by atoms with van der Waals surface area (Å²) >= 11 is 3.25. The molecule has 0 radical (unpaired) electrons. The molecule has 0 spiro atoms. The third kappa shape index (κ3) is 3.89. The zero-order valence-electron chi connectivity index (χ0n) is 7.74. The number of hydrogen-bond acceptors (Lipinski definition) is 3. The van der Waals surface area contributed by atoms with Gasteiger partial charge >= 0.3 is 0 Å². The zero-order chi connectivity index (χ0) is 10.4. The number of amides is 1. The van der Waals surface area contributed by atoms with Crippen molar-refractivity contribution in [1.29, 1.82) is 0 Å². The van der Waals surface area contributed by atoms with Gasteiger partial charge in [-0.1, -0.05) is 0 Å². The number of carbonyl (C=O) groups excluding carboxylic acids is 1.